The second-order valence-corrected chi connectivity index (χ2v) is 10.9. The fourth-order valence-electron chi connectivity index (χ4n) is 4.44. The lowest BCUT2D eigenvalue weighted by Gasteiger charge is -2.20. The van der Waals surface area contributed by atoms with Gasteiger partial charge in [0.25, 0.3) is 5.91 Å². The molecule has 0 aliphatic carbocycles. The summed E-state index contributed by atoms with van der Waals surface area (Å²) in [6.07, 6.45) is 4.03. The van der Waals surface area contributed by atoms with Gasteiger partial charge in [0.2, 0.25) is 5.91 Å². The van der Waals surface area contributed by atoms with Gasteiger partial charge in [-0.15, -0.1) is 11.3 Å². The summed E-state index contributed by atoms with van der Waals surface area (Å²) in [5.41, 5.74) is 3.18. The van der Waals surface area contributed by atoms with E-state index in [4.69, 9.17) is 17.0 Å². The lowest BCUT2D eigenvalue weighted by atomic mass is 10.1. The highest BCUT2D eigenvalue weighted by molar-refractivity contribution is 7.80. The molecule has 0 saturated carbocycles. The van der Waals surface area contributed by atoms with Crippen molar-refractivity contribution in [2.45, 2.75) is 19.3 Å². The zero-order valence-corrected chi connectivity index (χ0v) is 23.4. The quantitative estimate of drug-likeness (QED) is 0.291. The monoisotopic (exact) mass is 559 g/mol. The Kier molecular flexibility index (Phi) is 8.04. The molecule has 3 heterocycles. The van der Waals surface area contributed by atoms with Gasteiger partial charge in [0.1, 0.15) is 5.75 Å². The Hall–Kier alpha value is -4.02. The van der Waals surface area contributed by atoms with Gasteiger partial charge in [-0.3, -0.25) is 14.6 Å². The van der Waals surface area contributed by atoms with Crippen molar-refractivity contribution in [3.8, 4) is 11.5 Å². The predicted molar refractivity (Wildman–Crippen MR) is 160 cm³/mol. The molecular weight excluding hydrogens is 530 g/mol. The number of thiophene rings is 1. The Balaban J connectivity index is 1.30. The maximum absolute atomic E-state index is 12.9. The second kappa shape index (κ2) is 11.8. The summed E-state index contributed by atoms with van der Waals surface area (Å²) >= 11 is 6.77. The summed E-state index contributed by atoms with van der Waals surface area (Å²) in [7, 11) is 3.85. The molecule has 4 aromatic rings. The maximum Gasteiger partial charge on any atom is 0.264 e. The van der Waals surface area contributed by atoms with Gasteiger partial charge in [-0.25, -0.2) is 0 Å². The van der Waals surface area contributed by atoms with Crippen LogP contribution < -0.4 is 20.3 Å². The lowest BCUT2D eigenvalue weighted by molar-refractivity contribution is -0.119. The summed E-state index contributed by atoms with van der Waals surface area (Å²) < 4.78 is 7.20. The summed E-state index contributed by atoms with van der Waals surface area (Å²) in [6, 6.07) is 18.8. The molecule has 1 fully saturated rings. The number of carbonyl (C=O) groups excluding carboxylic acids is 2. The smallest absolute Gasteiger partial charge is 0.264 e. The second-order valence-electron chi connectivity index (χ2n) is 9.48. The van der Waals surface area contributed by atoms with E-state index in [1.807, 2.05) is 84.6 Å². The minimum atomic E-state index is -0.188. The number of rotatable bonds is 7. The summed E-state index contributed by atoms with van der Waals surface area (Å²) in [6.45, 7) is 1.60. The van der Waals surface area contributed by atoms with Crippen molar-refractivity contribution in [3.63, 3.8) is 0 Å². The van der Waals surface area contributed by atoms with Gasteiger partial charge in [0.15, 0.2) is 10.9 Å². The summed E-state index contributed by atoms with van der Waals surface area (Å²) in [5, 5.41) is 6.04. The molecule has 39 heavy (non-hydrogen) atoms. The third-order valence-corrected chi connectivity index (χ3v) is 7.69. The van der Waals surface area contributed by atoms with Crippen LogP contribution in [0.2, 0.25) is 0 Å². The number of pyridine rings is 1. The van der Waals surface area contributed by atoms with Crippen molar-refractivity contribution in [2.75, 3.05) is 37.4 Å². The number of likely N-dealkylation sites (tertiary alicyclic amines) is 1. The molecule has 0 unspecified atom stereocenters. The molecular formula is C29H29N5O3S2. The standard InChI is InChI=1S/C29H29N5O3S2/c1-33(2)22-17-20(31-29(38)32-26(35)16-19-8-4-3-5-9-19)10-11-23(22)37-24-12-13-30-21-18-25(39-27(21)24)28(36)34-14-6-7-15-34/h3-5,8-13,17-18H,6-7,14-16H2,1-2H3,(H2,31,32,35,38). The zero-order chi connectivity index (χ0) is 27.4. The first-order valence-electron chi connectivity index (χ1n) is 12.7. The zero-order valence-electron chi connectivity index (χ0n) is 21.8. The van der Waals surface area contributed by atoms with Crippen molar-refractivity contribution in [2.24, 2.45) is 0 Å². The molecule has 0 radical (unpaired) electrons. The Bertz CT molecular complexity index is 1510. The number of aromatic nitrogens is 1. The van der Waals surface area contributed by atoms with Crippen LogP contribution in [-0.4, -0.2) is 54.0 Å². The Morgan fingerprint density at radius 2 is 1.82 bits per heavy atom. The fraction of sp³-hybridized carbons (Fsp3) is 0.241. The van der Waals surface area contributed by atoms with Crippen LogP contribution in [0.1, 0.15) is 28.1 Å². The van der Waals surface area contributed by atoms with E-state index in [1.165, 1.54) is 11.3 Å². The van der Waals surface area contributed by atoms with E-state index in [0.29, 0.717) is 22.1 Å². The van der Waals surface area contributed by atoms with Crippen molar-refractivity contribution in [1.29, 1.82) is 0 Å². The van der Waals surface area contributed by atoms with Crippen molar-refractivity contribution < 1.29 is 14.3 Å². The normalized spacial score (nSPS) is 12.8. The van der Waals surface area contributed by atoms with Crippen LogP contribution in [-0.2, 0) is 11.2 Å². The molecule has 200 valence electrons. The molecule has 1 aliphatic heterocycles. The van der Waals surface area contributed by atoms with Gasteiger partial charge in [-0.2, -0.15) is 0 Å². The Morgan fingerprint density at radius 1 is 1.05 bits per heavy atom. The highest BCUT2D eigenvalue weighted by Crippen LogP contribution is 2.39. The van der Waals surface area contributed by atoms with Crippen molar-refractivity contribution in [1.82, 2.24) is 15.2 Å². The number of fused-ring (bicyclic) bond motifs is 1. The van der Waals surface area contributed by atoms with Gasteiger partial charge in [-0.1, -0.05) is 30.3 Å². The fourth-order valence-corrected chi connectivity index (χ4v) is 5.71. The number of benzene rings is 2. The van der Waals surface area contributed by atoms with Crippen LogP contribution in [0, 0.1) is 0 Å². The number of amides is 2. The van der Waals surface area contributed by atoms with Crippen LogP contribution >= 0.6 is 23.6 Å². The van der Waals surface area contributed by atoms with Gasteiger partial charge in [0, 0.05) is 45.1 Å². The maximum atomic E-state index is 12.9. The summed E-state index contributed by atoms with van der Waals surface area (Å²) in [5.74, 6) is 1.14. The Labute approximate surface area is 236 Å². The highest BCUT2D eigenvalue weighted by atomic mass is 32.1. The first-order valence-corrected chi connectivity index (χ1v) is 13.9. The van der Waals surface area contributed by atoms with Crippen molar-refractivity contribution in [3.05, 3.63) is 77.3 Å². The van der Waals surface area contributed by atoms with Gasteiger partial charge in [-0.05, 0) is 54.9 Å². The number of hydrogen-bond acceptors (Lipinski definition) is 7. The summed E-state index contributed by atoms with van der Waals surface area (Å²) in [4.78, 5) is 34.3. The molecule has 8 nitrogen and oxygen atoms in total. The number of thiocarbonyl (C=S) groups is 1. The molecule has 2 aromatic heterocycles. The van der Waals surface area contributed by atoms with Crippen LogP contribution in [0.4, 0.5) is 11.4 Å². The molecule has 0 bridgehead atoms. The minimum absolute atomic E-state index is 0.0534. The molecule has 10 heteroatoms. The molecule has 5 rings (SSSR count). The highest BCUT2D eigenvalue weighted by Gasteiger charge is 2.23. The SMILES string of the molecule is CN(C)c1cc(NC(=S)NC(=O)Cc2ccccc2)ccc1Oc1ccnc2cc(C(=O)N3CCCC3)sc12. The average Bonchev–Trinajstić information content (AvgIpc) is 3.60. The number of ether oxygens (including phenoxy) is 1. The number of carbonyl (C=O) groups is 2. The van der Waals surface area contributed by atoms with E-state index in [1.54, 1.807) is 6.20 Å². The van der Waals surface area contributed by atoms with Crippen LogP contribution in [0.5, 0.6) is 11.5 Å². The molecule has 0 atom stereocenters. The van der Waals surface area contributed by atoms with E-state index >= 15 is 0 Å². The first-order chi connectivity index (χ1) is 18.9. The minimum Gasteiger partial charge on any atom is -0.454 e. The van der Waals surface area contributed by atoms with E-state index in [-0.39, 0.29) is 23.3 Å². The van der Waals surface area contributed by atoms with E-state index in [9.17, 15) is 9.59 Å². The first kappa shape index (κ1) is 26.6. The van der Waals surface area contributed by atoms with Gasteiger partial charge < -0.3 is 25.2 Å². The van der Waals surface area contributed by atoms with E-state index in [0.717, 1.165) is 47.4 Å². The molecule has 2 aromatic carbocycles. The predicted octanol–water partition coefficient (Wildman–Crippen LogP) is 5.45. The number of hydrogen-bond donors (Lipinski definition) is 2. The number of nitrogens with zero attached hydrogens (tertiary/aromatic N) is 3. The van der Waals surface area contributed by atoms with E-state index in [2.05, 4.69) is 15.6 Å². The van der Waals surface area contributed by atoms with E-state index < -0.39 is 0 Å². The molecule has 2 N–H and O–H groups in total. The molecule has 1 aliphatic rings. The van der Waals surface area contributed by atoms with Crippen molar-refractivity contribution >= 4 is 62.1 Å². The van der Waals surface area contributed by atoms with Gasteiger partial charge in [0.05, 0.1) is 27.2 Å². The lowest BCUT2D eigenvalue weighted by Crippen LogP contribution is -2.35. The third kappa shape index (κ3) is 6.35. The van der Waals surface area contributed by atoms with Crippen LogP contribution in [0.25, 0.3) is 10.2 Å². The molecule has 0 spiro atoms. The third-order valence-electron chi connectivity index (χ3n) is 6.36. The number of nitrogens with one attached hydrogen (secondary N) is 2. The van der Waals surface area contributed by atoms with Crippen LogP contribution in [0.15, 0.2) is 66.9 Å². The molecule has 2 amide bonds. The average molecular weight is 560 g/mol. The largest absolute Gasteiger partial charge is 0.454 e. The molecule has 1 saturated heterocycles. The topological polar surface area (TPSA) is 86.8 Å². The number of anilines is 2. The van der Waals surface area contributed by atoms with Crippen LogP contribution in [0.3, 0.4) is 0 Å². The van der Waals surface area contributed by atoms with Gasteiger partial charge >= 0.3 is 0 Å². The Morgan fingerprint density at radius 3 is 2.56 bits per heavy atom.